The number of carbonyl (C=O) groups excluding carboxylic acids is 1. The molecule has 0 aromatic rings. The molecule has 0 atom stereocenters. The Morgan fingerprint density at radius 1 is 1.43 bits per heavy atom. The SMILES string of the molecule is CC/C(C)=C(/C(=N)CC(C)C)C(N)=O. The minimum Gasteiger partial charge on any atom is -0.366 e. The van der Waals surface area contributed by atoms with E-state index in [0.717, 1.165) is 12.0 Å². The lowest BCUT2D eigenvalue weighted by Gasteiger charge is -2.11. The van der Waals surface area contributed by atoms with Crippen molar-refractivity contribution in [3.8, 4) is 0 Å². The molecule has 0 rings (SSSR count). The molecule has 0 unspecified atom stereocenters. The summed E-state index contributed by atoms with van der Waals surface area (Å²) in [6, 6.07) is 0. The van der Waals surface area contributed by atoms with Crippen LogP contribution in [0.2, 0.25) is 0 Å². The fourth-order valence-corrected chi connectivity index (χ4v) is 1.30. The molecule has 0 fully saturated rings. The lowest BCUT2D eigenvalue weighted by Crippen LogP contribution is -2.22. The van der Waals surface area contributed by atoms with E-state index in [9.17, 15) is 4.79 Å². The molecule has 3 nitrogen and oxygen atoms in total. The van der Waals surface area contributed by atoms with Gasteiger partial charge in [0, 0.05) is 5.71 Å². The van der Waals surface area contributed by atoms with E-state index in [4.69, 9.17) is 11.1 Å². The van der Waals surface area contributed by atoms with Gasteiger partial charge >= 0.3 is 0 Å². The van der Waals surface area contributed by atoms with Gasteiger partial charge in [0.05, 0.1) is 5.57 Å². The molecule has 0 radical (unpaired) electrons. The van der Waals surface area contributed by atoms with Crippen LogP contribution in [0.25, 0.3) is 0 Å². The Balaban J connectivity index is 4.86. The maximum atomic E-state index is 11.1. The van der Waals surface area contributed by atoms with Crippen LogP contribution in [-0.4, -0.2) is 11.6 Å². The van der Waals surface area contributed by atoms with Gasteiger partial charge in [-0.3, -0.25) is 4.79 Å². The summed E-state index contributed by atoms with van der Waals surface area (Å²) in [4.78, 5) is 11.1. The molecule has 0 aliphatic rings. The van der Waals surface area contributed by atoms with Crippen LogP contribution >= 0.6 is 0 Å². The summed E-state index contributed by atoms with van der Waals surface area (Å²) in [5.74, 6) is -0.100. The van der Waals surface area contributed by atoms with Gasteiger partial charge in [-0.2, -0.15) is 0 Å². The molecule has 0 aliphatic carbocycles. The van der Waals surface area contributed by atoms with Crippen molar-refractivity contribution in [3.05, 3.63) is 11.1 Å². The van der Waals surface area contributed by atoms with Gasteiger partial charge in [0.15, 0.2) is 0 Å². The van der Waals surface area contributed by atoms with E-state index >= 15 is 0 Å². The second-order valence-electron chi connectivity index (χ2n) is 3.95. The Morgan fingerprint density at radius 2 is 1.93 bits per heavy atom. The maximum absolute atomic E-state index is 11.1. The lowest BCUT2D eigenvalue weighted by atomic mass is 9.95. The van der Waals surface area contributed by atoms with Crippen LogP contribution in [0.5, 0.6) is 0 Å². The number of carbonyl (C=O) groups is 1. The number of allylic oxidation sites excluding steroid dienone is 1. The van der Waals surface area contributed by atoms with Crippen LogP contribution in [0.3, 0.4) is 0 Å². The molecule has 0 spiro atoms. The first-order chi connectivity index (χ1) is 6.40. The highest BCUT2D eigenvalue weighted by molar-refractivity contribution is 6.20. The van der Waals surface area contributed by atoms with E-state index < -0.39 is 5.91 Å². The van der Waals surface area contributed by atoms with E-state index in [0.29, 0.717) is 23.6 Å². The van der Waals surface area contributed by atoms with Gasteiger partial charge in [-0.1, -0.05) is 26.3 Å². The first kappa shape index (κ1) is 12.9. The summed E-state index contributed by atoms with van der Waals surface area (Å²) in [7, 11) is 0. The van der Waals surface area contributed by atoms with Gasteiger partial charge in [-0.25, -0.2) is 0 Å². The third-order valence-corrected chi connectivity index (χ3v) is 2.12. The van der Waals surface area contributed by atoms with E-state index in [1.165, 1.54) is 0 Å². The van der Waals surface area contributed by atoms with Gasteiger partial charge in [-0.15, -0.1) is 0 Å². The highest BCUT2D eigenvalue weighted by Gasteiger charge is 2.15. The Morgan fingerprint density at radius 3 is 2.21 bits per heavy atom. The summed E-state index contributed by atoms with van der Waals surface area (Å²) in [6.07, 6.45) is 1.37. The van der Waals surface area contributed by atoms with Crippen molar-refractivity contribution >= 4 is 11.6 Å². The minimum atomic E-state index is -0.477. The minimum absolute atomic E-state index is 0.367. The zero-order chi connectivity index (χ0) is 11.3. The van der Waals surface area contributed by atoms with Gasteiger partial charge < -0.3 is 11.1 Å². The molecule has 0 aromatic carbocycles. The summed E-state index contributed by atoms with van der Waals surface area (Å²) < 4.78 is 0. The molecule has 80 valence electrons. The van der Waals surface area contributed by atoms with Crippen LogP contribution in [0.4, 0.5) is 0 Å². The van der Waals surface area contributed by atoms with Crippen molar-refractivity contribution in [2.75, 3.05) is 0 Å². The summed E-state index contributed by atoms with van der Waals surface area (Å²) in [6.45, 7) is 7.86. The largest absolute Gasteiger partial charge is 0.366 e. The van der Waals surface area contributed by atoms with Crippen LogP contribution in [-0.2, 0) is 4.79 Å². The van der Waals surface area contributed by atoms with E-state index in [1.807, 2.05) is 27.7 Å². The number of amides is 1. The monoisotopic (exact) mass is 196 g/mol. The van der Waals surface area contributed by atoms with E-state index in [2.05, 4.69) is 0 Å². The Bertz CT molecular complexity index is 264. The van der Waals surface area contributed by atoms with Crippen molar-refractivity contribution < 1.29 is 4.79 Å². The molecule has 0 aliphatic heterocycles. The van der Waals surface area contributed by atoms with E-state index in [1.54, 1.807) is 0 Å². The third kappa shape index (κ3) is 3.73. The second kappa shape index (κ2) is 5.58. The second-order valence-corrected chi connectivity index (χ2v) is 3.95. The number of primary amides is 1. The molecular weight excluding hydrogens is 176 g/mol. The highest BCUT2D eigenvalue weighted by atomic mass is 16.1. The van der Waals surface area contributed by atoms with Gasteiger partial charge in [-0.05, 0) is 25.7 Å². The Hall–Kier alpha value is -1.12. The molecule has 0 heterocycles. The van der Waals surface area contributed by atoms with Crippen LogP contribution < -0.4 is 5.73 Å². The molecule has 0 aromatic heterocycles. The topological polar surface area (TPSA) is 66.9 Å². The zero-order valence-electron chi connectivity index (χ0n) is 9.48. The van der Waals surface area contributed by atoms with Crippen molar-refractivity contribution in [1.82, 2.24) is 0 Å². The number of nitrogens with one attached hydrogen (secondary N) is 1. The molecule has 0 bridgehead atoms. The molecule has 3 N–H and O–H groups in total. The number of hydrogen-bond acceptors (Lipinski definition) is 2. The molecular formula is C11H20N2O. The fraction of sp³-hybridized carbons (Fsp3) is 0.636. The van der Waals surface area contributed by atoms with Crippen LogP contribution in [0.1, 0.15) is 40.5 Å². The van der Waals surface area contributed by atoms with Crippen molar-refractivity contribution in [1.29, 1.82) is 5.41 Å². The van der Waals surface area contributed by atoms with E-state index in [-0.39, 0.29) is 0 Å². The van der Waals surface area contributed by atoms with Crippen LogP contribution in [0.15, 0.2) is 11.1 Å². The number of rotatable bonds is 5. The Labute approximate surface area is 85.9 Å². The fourth-order valence-electron chi connectivity index (χ4n) is 1.30. The first-order valence-electron chi connectivity index (χ1n) is 4.97. The average Bonchev–Trinajstić information content (AvgIpc) is 2.01. The number of nitrogens with two attached hydrogens (primary N) is 1. The van der Waals surface area contributed by atoms with Gasteiger partial charge in [0.1, 0.15) is 0 Å². The summed E-state index contributed by atoms with van der Waals surface area (Å²) >= 11 is 0. The predicted octanol–water partition coefficient (Wildman–Crippen LogP) is 2.26. The summed E-state index contributed by atoms with van der Waals surface area (Å²) in [5.41, 5.74) is 6.94. The number of hydrogen-bond donors (Lipinski definition) is 2. The zero-order valence-corrected chi connectivity index (χ0v) is 9.48. The van der Waals surface area contributed by atoms with Crippen molar-refractivity contribution in [2.24, 2.45) is 11.7 Å². The third-order valence-electron chi connectivity index (χ3n) is 2.12. The summed E-state index contributed by atoms with van der Waals surface area (Å²) in [5, 5.41) is 7.78. The molecule has 14 heavy (non-hydrogen) atoms. The Kier molecular flexibility index (Phi) is 5.13. The highest BCUT2D eigenvalue weighted by Crippen LogP contribution is 2.14. The quantitative estimate of drug-likeness (QED) is 0.514. The standard InChI is InChI=1S/C11H20N2O/c1-5-8(4)10(11(13)14)9(12)6-7(2)3/h7,12H,5-6H2,1-4H3,(H2,13,14)/b10-8-,12-9?. The molecule has 0 saturated heterocycles. The molecule has 0 saturated carbocycles. The van der Waals surface area contributed by atoms with Crippen molar-refractivity contribution in [2.45, 2.75) is 40.5 Å². The first-order valence-corrected chi connectivity index (χ1v) is 4.97. The molecule has 1 amide bonds. The lowest BCUT2D eigenvalue weighted by molar-refractivity contribution is -0.114. The maximum Gasteiger partial charge on any atom is 0.250 e. The smallest absolute Gasteiger partial charge is 0.250 e. The van der Waals surface area contributed by atoms with Gasteiger partial charge in [0.25, 0.3) is 0 Å². The predicted molar refractivity (Wildman–Crippen MR) is 59.4 cm³/mol. The van der Waals surface area contributed by atoms with Gasteiger partial charge in [0.2, 0.25) is 5.91 Å². The average molecular weight is 196 g/mol. The van der Waals surface area contributed by atoms with Crippen LogP contribution in [0, 0.1) is 11.3 Å². The molecule has 3 heteroatoms. The van der Waals surface area contributed by atoms with Crippen molar-refractivity contribution in [3.63, 3.8) is 0 Å². The normalized spacial score (nSPS) is 12.6.